The summed E-state index contributed by atoms with van der Waals surface area (Å²) < 4.78 is 5.25. The second-order valence-electron chi connectivity index (χ2n) is 5.64. The molecule has 1 aliphatic heterocycles. The van der Waals surface area contributed by atoms with Gasteiger partial charge in [0.1, 0.15) is 5.75 Å². The first-order valence-corrected chi connectivity index (χ1v) is 7.15. The Morgan fingerprint density at radius 3 is 2.40 bits per heavy atom. The molecule has 0 aromatic heterocycles. The minimum absolute atomic E-state index is 0.551. The predicted octanol–water partition coefficient (Wildman–Crippen LogP) is 3.47. The number of hydrogen-bond donors (Lipinski definition) is 0. The standard InChI is InChI=1S/C18H21NO/c1-19-12-16-6-4-3-5-15(16)11-17(13-19)14-7-9-18(20-2)10-8-14/h3-10,17H,11-13H2,1-2H3. The van der Waals surface area contributed by atoms with Crippen molar-refractivity contribution in [1.29, 1.82) is 0 Å². The summed E-state index contributed by atoms with van der Waals surface area (Å²) >= 11 is 0. The molecule has 1 aliphatic rings. The minimum Gasteiger partial charge on any atom is -0.497 e. The van der Waals surface area contributed by atoms with Gasteiger partial charge in [-0.1, -0.05) is 36.4 Å². The van der Waals surface area contributed by atoms with Crippen LogP contribution in [0.1, 0.15) is 22.6 Å². The Bertz CT molecular complexity index is 576. The first-order chi connectivity index (χ1) is 9.76. The Labute approximate surface area is 121 Å². The largest absolute Gasteiger partial charge is 0.497 e. The molecule has 1 atom stereocenters. The van der Waals surface area contributed by atoms with Crippen molar-refractivity contribution in [2.45, 2.75) is 18.9 Å². The summed E-state index contributed by atoms with van der Waals surface area (Å²) in [4.78, 5) is 2.42. The highest BCUT2D eigenvalue weighted by atomic mass is 16.5. The van der Waals surface area contributed by atoms with Crippen LogP contribution in [0.3, 0.4) is 0 Å². The molecule has 0 N–H and O–H groups in total. The molecule has 1 unspecified atom stereocenters. The van der Waals surface area contributed by atoms with Gasteiger partial charge in [0.25, 0.3) is 0 Å². The summed E-state index contributed by atoms with van der Waals surface area (Å²) in [6, 6.07) is 17.3. The lowest BCUT2D eigenvalue weighted by molar-refractivity contribution is 0.313. The van der Waals surface area contributed by atoms with Crippen LogP contribution in [0, 0.1) is 0 Å². The Kier molecular flexibility index (Phi) is 3.75. The van der Waals surface area contributed by atoms with Crippen LogP contribution >= 0.6 is 0 Å². The number of nitrogens with zero attached hydrogens (tertiary/aromatic N) is 1. The molecular weight excluding hydrogens is 246 g/mol. The van der Waals surface area contributed by atoms with Crippen molar-refractivity contribution in [3.8, 4) is 5.75 Å². The summed E-state index contributed by atoms with van der Waals surface area (Å²) in [5.74, 6) is 1.48. The van der Waals surface area contributed by atoms with Gasteiger partial charge in [0, 0.05) is 19.0 Å². The van der Waals surface area contributed by atoms with Gasteiger partial charge >= 0.3 is 0 Å². The number of rotatable bonds is 2. The lowest BCUT2D eigenvalue weighted by atomic mass is 9.91. The maximum atomic E-state index is 5.25. The summed E-state index contributed by atoms with van der Waals surface area (Å²) in [5.41, 5.74) is 4.35. The number of hydrogen-bond acceptors (Lipinski definition) is 2. The van der Waals surface area contributed by atoms with E-state index in [-0.39, 0.29) is 0 Å². The molecule has 1 heterocycles. The third-order valence-corrected chi connectivity index (χ3v) is 4.14. The maximum Gasteiger partial charge on any atom is 0.118 e. The molecule has 20 heavy (non-hydrogen) atoms. The highest BCUT2D eigenvalue weighted by Crippen LogP contribution is 2.28. The third-order valence-electron chi connectivity index (χ3n) is 4.14. The normalized spacial score (nSPS) is 19.2. The molecular formula is C18H21NO. The molecule has 2 aromatic rings. The number of ether oxygens (including phenoxy) is 1. The van der Waals surface area contributed by atoms with Crippen LogP contribution in [0.4, 0.5) is 0 Å². The van der Waals surface area contributed by atoms with E-state index in [0.717, 1.165) is 25.3 Å². The summed E-state index contributed by atoms with van der Waals surface area (Å²) in [5, 5.41) is 0. The van der Waals surface area contributed by atoms with Crippen molar-refractivity contribution in [3.63, 3.8) is 0 Å². The monoisotopic (exact) mass is 267 g/mol. The summed E-state index contributed by atoms with van der Waals surface area (Å²) in [6.07, 6.45) is 1.12. The van der Waals surface area contributed by atoms with Gasteiger partial charge in [-0.05, 0) is 42.3 Å². The van der Waals surface area contributed by atoms with Gasteiger partial charge in [-0.3, -0.25) is 0 Å². The summed E-state index contributed by atoms with van der Waals surface area (Å²) in [6.45, 7) is 2.14. The fourth-order valence-corrected chi connectivity index (χ4v) is 3.07. The van der Waals surface area contributed by atoms with Crippen LogP contribution in [0.15, 0.2) is 48.5 Å². The van der Waals surface area contributed by atoms with Crippen molar-refractivity contribution >= 4 is 0 Å². The van der Waals surface area contributed by atoms with E-state index in [4.69, 9.17) is 4.74 Å². The molecule has 2 aromatic carbocycles. The number of methoxy groups -OCH3 is 1. The molecule has 104 valence electrons. The van der Waals surface area contributed by atoms with Crippen LogP contribution in [-0.4, -0.2) is 25.6 Å². The molecule has 2 heteroatoms. The van der Waals surface area contributed by atoms with Gasteiger partial charge < -0.3 is 9.64 Å². The van der Waals surface area contributed by atoms with Crippen molar-refractivity contribution in [2.24, 2.45) is 0 Å². The molecule has 0 saturated carbocycles. The van der Waals surface area contributed by atoms with Gasteiger partial charge in [-0.25, -0.2) is 0 Å². The molecule has 0 spiro atoms. The molecule has 0 bridgehead atoms. The molecule has 2 nitrogen and oxygen atoms in total. The van der Waals surface area contributed by atoms with Crippen LogP contribution in [-0.2, 0) is 13.0 Å². The smallest absolute Gasteiger partial charge is 0.118 e. The van der Waals surface area contributed by atoms with Gasteiger partial charge in [0.15, 0.2) is 0 Å². The quantitative estimate of drug-likeness (QED) is 0.826. The van der Waals surface area contributed by atoms with E-state index in [1.807, 2.05) is 0 Å². The van der Waals surface area contributed by atoms with Crippen LogP contribution in [0.25, 0.3) is 0 Å². The first-order valence-electron chi connectivity index (χ1n) is 7.15. The fraction of sp³-hybridized carbons (Fsp3) is 0.333. The second kappa shape index (κ2) is 5.68. The molecule has 0 fully saturated rings. The van der Waals surface area contributed by atoms with Gasteiger partial charge in [0.2, 0.25) is 0 Å². The fourth-order valence-electron chi connectivity index (χ4n) is 3.07. The van der Waals surface area contributed by atoms with Crippen molar-refractivity contribution in [3.05, 3.63) is 65.2 Å². The van der Waals surface area contributed by atoms with E-state index in [0.29, 0.717) is 5.92 Å². The zero-order valence-electron chi connectivity index (χ0n) is 12.2. The van der Waals surface area contributed by atoms with E-state index < -0.39 is 0 Å². The van der Waals surface area contributed by atoms with E-state index in [9.17, 15) is 0 Å². The SMILES string of the molecule is COc1ccc(C2Cc3ccccc3CN(C)C2)cc1. The molecule has 0 saturated heterocycles. The van der Waals surface area contributed by atoms with E-state index in [1.54, 1.807) is 7.11 Å². The molecule has 0 amide bonds. The topological polar surface area (TPSA) is 12.5 Å². The van der Waals surface area contributed by atoms with Crippen LogP contribution < -0.4 is 4.74 Å². The zero-order chi connectivity index (χ0) is 13.9. The third kappa shape index (κ3) is 2.70. The first kappa shape index (κ1) is 13.2. The Morgan fingerprint density at radius 1 is 1.00 bits per heavy atom. The number of likely N-dealkylation sites (N-methyl/N-ethyl adjacent to an activating group) is 1. The van der Waals surface area contributed by atoms with Crippen molar-refractivity contribution in [2.75, 3.05) is 20.7 Å². The number of benzene rings is 2. The minimum atomic E-state index is 0.551. The van der Waals surface area contributed by atoms with Crippen molar-refractivity contribution < 1.29 is 4.74 Å². The van der Waals surface area contributed by atoms with E-state index in [2.05, 4.69) is 60.5 Å². The van der Waals surface area contributed by atoms with Crippen LogP contribution in [0.2, 0.25) is 0 Å². The lowest BCUT2D eigenvalue weighted by Crippen LogP contribution is -2.22. The maximum absolute atomic E-state index is 5.25. The number of fused-ring (bicyclic) bond motifs is 1. The lowest BCUT2D eigenvalue weighted by Gasteiger charge is -2.20. The Hall–Kier alpha value is -1.80. The van der Waals surface area contributed by atoms with Gasteiger partial charge in [-0.15, -0.1) is 0 Å². The Balaban J connectivity index is 1.89. The highest BCUT2D eigenvalue weighted by molar-refractivity contribution is 5.34. The van der Waals surface area contributed by atoms with E-state index in [1.165, 1.54) is 16.7 Å². The van der Waals surface area contributed by atoms with E-state index >= 15 is 0 Å². The summed E-state index contributed by atoms with van der Waals surface area (Å²) in [7, 11) is 3.92. The Morgan fingerprint density at radius 2 is 1.70 bits per heavy atom. The van der Waals surface area contributed by atoms with Crippen molar-refractivity contribution in [1.82, 2.24) is 4.90 Å². The average Bonchev–Trinajstić information content (AvgIpc) is 2.65. The second-order valence-corrected chi connectivity index (χ2v) is 5.64. The molecule has 0 radical (unpaired) electrons. The predicted molar refractivity (Wildman–Crippen MR) is 82.2 cm³/mol. The van der Waals surface area contributed by atoms with Gasteiger partial charge in [-0.2, -0.15) is 0 Å². The highest BCUT2D eigenvalue weighted by Gasteiger charge is 2.20. The zero-order valence-corrected chi connectivity index (χ0v) is 12.2. The van der Waals surface area contributed by atoms with Gasteiger partial charge in [0.05, 0.1) is 7.11 Å². The van der Waals surface area contributed by atoms with Crippen LogP contribution in [0.5, 0.6) is 5.75 Å². The average molecular weight is 267 g/mol. The molecule has 3 rings (SSSR count). The molecule has 0 aliphatic carbocycles.